The van der Waals surface area contributed by atoms with Crippen LogP contribution >= 0.6 is 0 Å². The van der Waals surface area contributed by atoms with Gasteiger partial charge in [-0.3, -0.25) is 14.2 Å². The third kappa shape index (κ3) is 3.14. The monoisotopic (exact) mass is 273 g/mol. The summed E-state index contributed by atoms with van der Waals surface area (Å²) < 4.78 is 3.52. The average Bonchev–Trinajstić information content (AvgIpc) is 2.91. The summed E-state index contributed by atoms with van der Waals surface area (Å²) in [5.41, 5.74) is 3.98. The van der Waals surface area contributed by atoms with Crippen molar-refractivity contribution < 1.29 is 4.79 Å². The largest absolute Gasteiger partial charge is 0.348 e. The molecule has 0 radical (unpaired) electrons. The summed E-state index contributed by atoms with van der Waals surface area (Å²) in [7, 11) is 3.74. The van der Waals surface area contributed by atoms with Crippen LogP contribution in [0.25, 0.3) is 6.08 Å². The molecule has 6 heteroatoms. The zero-order valence-electron chi connectivity index (χ0n) is 12.2. The van der Waals surface area contributed by atoms with E-state index in [1.54, 1.807) is 17.0 Å². The predicted molar refractivity (Wildman–Crippen MR) is 76.8 cm³/mol. The highest BCUT2D eigenvalue weighted by Crippen LogP contribution is 2.11. The zero-order valence-corrected chi connectivity index (χ0v) is 12.2. The summed E-state index contributed by atoms with van der Waals surface area (Å²) >= 11 is 0. The molecule has 0 unspecified atom stereocenters. The van der Waals surface area contributed by atoms with Crippen LogP contribution in [-0.4, -0.2) is 25.5 Å². The lowest BCUT2D eigenvalue weighted by molar-refractivity contribution is -0.116. The number of amides is 1. The van der Waals surface area contributed by atoms with E-state index in [2.05, 4.69) is 15.5 Å². The lowest BCUT2D eigenvalue weighted by Crippen LogP contribution is -2.21. The molecule has 106 valence electrons. The van der Waals surface area contributed by atoms with Crippen LogP contribution < -0.4 is 5.32 Å². The maximum absolute atomic E-state index is 11.8. The summed E-state index contributed by atoms with van der Waals surface area (Å²) in [6, 6.07) is 0. The number of aryl methyl sites for hydroxylation is 3. The van der Waals surface area contributed by atoms with Gasteiger partial charge in [-0.05, 0) is 19.9 Å². The van der Waals surface area contributed by atoms with Crippen molar-refractivity contribution in [2.24, 2.45) is 14.1 Å². The fraction of sp³-hybridized carbons (Fsp3) is 0.357. The molecule has 0 saturated heterocycles. The van der Waals surface area contributed by atoms with Gasteiger partial charge in [0.05, 0.1) is 11.9 Å². The SMILES string of the molecule is Cc1nn(C)c(C)c1CNC(=O)C=Cc1cnn(C)c1. The highest BCUT2D eigenvalue weighted by Gasteiger charge is 2.09. The van der Waals surface area contributed by atoms with Gasteiger partial charge >= 0.3 is 0 Å². The Labute approximate surface area is 118 Å². The Morgan fingerprint density at radius 1 is 1.40 bits per heavy atom. The number of carbonyl (C=O) groups is 1. The van der Waals surface area contributed by atoms with E-state index in [0.29, 0.717) is 6.54 Å². The summed E-state index contributed by atoms with van der Waals surface area (Å²) in [6.45, 7) is 4.43. The second kappa shape index (κ2) is 5.73. The van der Waals surface area contributed by atoms with E-state index in [1.165, 1.54) is 6.08 Å². The van der Waals surface area contributed by atoms with E-state index in [0.717, 1.165) is 22.5 Å². The second-order valence-electron chi connectivity index (χ2n) is 4.77. The van der Waals surface area contributed by atoms with Crippen LogP contribution in [0.2, 0.25) is 0 Å². The molecule has 2 aromatic heterocycles. The third-order valence-corrected chi connectivity index (χ3v) is 3.25. The standard InChI is InChI=1S/C14H19N5O/c1-10-13(11(2)19(4)17-10)8-15-14(20)6-5-12-7-16-18(3)9-12/h5-7,9H,8H2,1-4H3,(H,15,20). The summed E-state index contributed by atoms with van der Waals surface area (Å²) in [5.74, 6) is -0.128. The van der Waals surface area contributed by atoms with Gasteiger partial charge in [0.2, 0.25) is 5.91 Å². The molecular formula is C14H19N5O. The first-order valence-electron chi connectivity index (χ1n) is 6.41. The van der Waals surface area contributed by atoms with Crippen molar-refractivity contribution in [2.75, 3.05) is 0 Å². The van der Waals surface area contributed by atoms with Gasteiger partial charge in [-0.2, -0.15) is 10.2 Å². The van der Waals surface area contributed by atoms with Gasteiger partial charge in [-0.25, -0.2) is 0 Å². The van der Waals surface area contributed by atoms with Gasteiger partial charge in [-0.15, -0.1) is 0 Å². The number of rotatable bonds is 4. The first-order valence-corrected chi connectivity index (χ1v) is 6.41. The van der Waals surface area contributed by atoms with Crippen molar-refractivity contribution in [3.8, 4) is 0 Å². The molecule has 0 aliphatic heterocycles. The minimum absolute atomic E-state index is 0.128. The molecule has 2 rings (SSSR count). The Morgan fingerprint density at radius 3 is 2.70 bits per heavy atom. The molecule has 0 spiro atoms. The fourth-order valence-corrected chi connectivity index (χ4v) is 2.01. The van der Waals surface area contributed by atoms with E-state index in [4.69, 9.17) is 0 Å². The van der Waals surface area contributed by atoms with E-state index in [-0.39, 0.29) is 5.91 Å². The number of hydrogen-bond donors (Lipinski definition) is 1. The number of aromatic nitrogens is 4. The molecule has 0 bridgehead atoms. The van der Waals surface area contributed by atoms with Crippen molar-refractivity contribution in [3.05, 3.63) is 41.0 Å². The summed E-state index contributed by atoms with van der Waals surface area (Å²) in [4.78, 5) is 11.8. The van der Waals surface area contributed by atoms with Crippen LogP contribution in [0.3, 0.4) is 0 Å². The molecule has 0 atom stereocenters. The van der Waals surface area contributed by atoms with Crippen LogP contribution in [0.5, 0.6) is 0 Å². The van der Waals surface area contributed by atoms with Crippen LogP contribution in [-0.2, 0) is 25.4 Å². The Balaban J connectivity index is 1.94. The normalized spacial score (nSPS) is 11.2. The number of nitrogens with one attached hydrogen (secondary N) is 1. The summed E-state index contributed by atoms with van der Waals surface area (Å²) in [6.07, 6.45) is 6.81. The molecule has 6 nitrogen and oxygen atoms in total. The van der Waals surface area contributed by atoms with Gasteiger partial charge in [-0.1, -0.05) is 0 Å². The Bertz CT molecular complexity index is 651. The highest BCUT2D eigenvalue weighted by molar-refractivity contribution is 5.91. The van der Waals surface area contributed by atoms with Crippen LogP contribution in [0.4, 0.5) is 0 Å². The number of nitrogens with zero attached hydrogens (tertiary/aromatic N) is 4. The van der Waals surface area contributed by atoms with Crippen molar-refractivity contribution >= 4 is 12.0 Å². The first kappa shape index (κ1) is 14.0. The molecule has 1 amide bonds. The van der Waals surface area contributed by atoms with Gasteiger partial charge in [0.25, 0.3) is 0 Å². The molecule has 0 fully saturated rings. The van der Waals surface area contributed by atoms with Gasteiger partial charge in [0.1, 0.15) is 0 Å². The van der Waals surface area contributed by atoms with E-state index in [1.807, 2.05) is 38.8 Å². The molecule has 1 N–H and O–H groups in total. The number of carbonyl (C=O) groups excluding carboxylic acids is 1. The minimum Gasteiger partial charge on any atom is -0.348 e. The molecule has 0 aliphatic carbocycles. The van der Waals surface area contributed by atoms with E-state index in [9.17, 15) is 4.79 Å². The molecule has 2 heterocycles. The van der Waals surface area contributed by atoms with Gasteiger partial charge in [0, 0.05) is 49.7 Å². The molecule has 0 aliphatic rings. The maximum Gasteiger partial charge on any atom is 0.244 e. The van der Waals surface area contributed by atoms with Gasteiger partial charge in [0.15, 0.2) is 0 Å². The first-order chi connectivity index (χ1) is 9.47. The number of hydrogen-bond acceptors (Lipinski definition) is 3. The van der Waals surface area contributed by atoms with E-state index < -0.39 is 0 Å². The third-order valence-electron chi connectivity index (χ3n) is 3.25. The quantitative estimate of drug-likeness (QED) is 0.848. The Morgan fingerprint density at radius 2 is 2.15 bits per heavy atom. The molecule has 2 aromatic rings. The second-order valence-corrected chi connectivity index (χ2v) is 4.77. The smallest absolute Gasteiger partial charge is 0.244 e. The van der Waals surface area contributed by atoms with E-state index >= 15 is 0 Å². The molecular weight excluding hydrogens is 254 g/mol. The van der Waals surface area contributed by atoms with Gasteiger partial charge < -0.3 is 5.32 Å². The van der Waals surface area contributed by atoms with Crippen molar-refractivity contribution in [1.29, 1.82) is 0 Å². The van der Waals surface area contributed by atoms with Crippen molar-refractivity contribution in [2.45, 2.75) is 20.4 Å². The molecule has 0 aromatic carbocycles. The fourth-order valence-electron chi connectivity index (χ4n) is 2.01. The lowest BCUT2D eigenvalue weighted by atomic mass is 10.2. The lowest BCUT2D eigenvalue weighted by Gasteiger charge is -2.03. The topological polar surface area (TPSA) is 64.7 Å². The van der Waals surface area contributed by atoms with Crippen molar-refractivity contribution in [3.63, 3.8) is 0 Å². The Hall–Kier alpha value is -2.37. The van der Waals surface area contributed by atoms with Crippen LogP contribution in [0, 0.1) is 13.8 Å². The predicted octanol–water partition coefficient (Wildman–Crippen LogP) is 1.10. The maximum atomic E-state index is 11.8. The molecule has 0 saturated carbocycles. The van der Waals surface area contributed by atoms with Crippen LogP contribution in [0.15, 0.2) is 18.5 Å². The average molecular weight is 273 g/mol. The highest BCUT2D eigenvalue weighted by atomic mass is 16.1. The molecule has 20 heavy (non-hydrogen) atoms. The van der Waals surface area contributed by atoms with Crippen molar-refractivity contribution in [1.82, 2.24) is 24.9 Å². The summed E-state index contributed by atoms with van der Waals surface area (Å²) in [5, 5.41) is 11.2. The zero-order chi connectivity index (χ0) is 14.7. The minimum atomic E-state index is -0.128. The Kier molecular flexibility index (Phi) is 4.02. The van der Waals surface area contributed by atoms with Crippen LogP contribution in [0.1, 0.15) is 22.5 Å².